The largest absolute Gasteiger partial charge is 0.392 e. The summed E-state index contributed by atoms with van der Waals surface area (Å²) in [4.78, 5) is 0. The number of rotatable bonds is 8. The van der Waals surface area contributed by atoms with E-state index in [2.05, 4.69) is 26.1 Å². The monoisotopic (exact) mass is 187 g/mol. The van der Waals surface area contributed by atoms with Gasteiger partial charge in [0.05, 0.1) is 6.10 Å². The third kappa shape index (κ3) is 7.03. The van der Waals surface area contributed by atoms with Crippen LogP contribution in [0.25, 0.3) is 0 Å². The molecule has 0 heterocycles. The highest BCUT2D eigenvalue weighted by molar-refractivity contribution is 4.65. The van der Waals surface area contributed by atoms with Crippen LogP contribution < -0.4 is 5.32 Å². The molecule has 2 N–H and O–H groups in total. The molecule has 2 heteroatoms. The molecular weight excluding hydrogens is 162 g/mol. The molecule has 0 rings (SSSR count). The van der Waals surface area contributed by atoms with Gasteiger partial charge in [-0.15, -0.1) is 0 Å². The van der Waals surface area contributed by atoms with Crippen molar-refractivity contribution < 1.29 is 5.11 Å². The first-order valence-corrected chi connectivity index (χ1v) is 5.63. The zero-order valence-corrected chi connectivity index (χ0v) is 9.34. The lowest BCUT2D eigenvalue weighted by atomic mass is 9.96. The molecule has 0 aromatic heterocycles. The fourth-order valence-corrected chi connectivity index (χ4v) is 1.54. The Hall–Kier alpha value is -0.0800. The number of hydrogen-bond donors (Lipinski definition) is 2. The van der Waals surface area contributed by atoms with Crippen LogP contribution in [0, 0.1) is 5.92 Å². The SMILES string of the molecule is CCCNCC(O)CC(CC)CC. The first-order valence-electron chi connectivity index (χ1n) is 5.63. The molecule has 0 aliphatic heterocycles. The third-order valence-electron chi connectivity index (χ3n) is 2.57. The summed E-state index contributed by atoms with van der Waals surface area (Å²) in [5.74, 6) is 0.693. The van der Waals surface area contributed by atoms with E-state index >= 15 is 0 Å². The Morgan fingerprint density at radius 2 is 1.77 bits per heavy atom. The van der Waals surface area contributed by atoms with Crippen molar-refractivity contribution >= 4 is 0 Å². The molecule has 1 unspecified atom stereocenters. The smallest absolute Gasteiger partial charge is 0.0667 e. The first-order chi connectivity index (χ1) is 6.24. The van der Waals surface area contributed by atoms with Crippen molar-refractivity contribution in [3.05, 3.63) is 0 Å². The maximum absolute atomic E-state index is 9.65. The topological polar surface area (TPSA) is 32.3 Å². The van der Waals surface area contributed by atoms with E-state index in [9.17, 15) is 5.11 Å². The second kappa shape index (κ2) is 8.52. The molecule has 1 atom stereocenters. The summed E-state index contributed by atoms with van der Waals surface area (Å²) in [5.41, 5.74) is 0. The minimum atomic E-state index is -0.156. The van der Waals surface area contributed by atoms with Gasteiger partial charge in [0.2, 0.25) is 0 Å². The highest BCUT2D eigenvalue weighted by atomic mass is 16.3. The lowest BCUT2D eigenvalue weighted by molar-refractivity contribution is 0.137. The maximum atomic E-state index is 9.65. The van der Waals surface area contributed by atoms with Crippen molar-refractivity contribution in [3.63, 3.8) is 0 Å². The van der Waals surface area contributed by atoms with Crippen LogP contribution >= 0.6 is 0 Å². The van der Waals surface area contributed by atoms with Crippen molar-refractivity contribution in [3.8, 4) is 0 Å². The van der Waals surface area contributed by atoms with Crippen molar-refractivity contribution in [1.82, 2.24) is 5.32 Å². The average Bonchev–Trinajstić information content (AvgIpc) is 2.14. The number of nitrogens with one attached hydrogen (secondary N) is 1. The predicted octanol–water partition coefficient (Wildman–Crippen LogP) is 2.17. The molecule has 0 aromatic carbocycles. The Balaban J connectivity index is 3.42. The van der Waals surface area contributed by atoms with E-state index in [4.69, 9.17) is 0 Å². The summed E-state index contributed by atoms with van der Waals surface area (Å²) < 4.78 is 0. The highest BCUT2D eigenvalue weighted by Crippen LogP contribution is 2.14. The third-order valence-corrected chi connectivity index (χ3v) is 2.57. The Morgan fingerprint density at radius 3 is 2.23 bits per heavy atom. The van der Waals surface area contributed by atoms with Crippen molar-refractivity contribution in [2.24, 2.45) is 5.92 Å². The fraction of sp³-hybridized carbons (Fsp3) is 1.00. The first kappa shape index (κ1) is 12.9. The molecular formula is C11H25NO. The summed E-state index contributed by atoms with van der Waals surface area (Å²) in [5, 5.41) is 12.9. The van der Waals surface area contributed by atoms with Gasteiger partial charge >= 0.3 is 0 Å². The molecule has 2 nitrogen and oxygen atoms in total. The Labute approximate surface area is 82.7 Å². The summed E-state index contributed by atoms with van der Waals surface area (Å²) in [6.45, 7) is 8.30. The molecule has 0 saturated carbocycles. The Bertz CT molecular complexity index is 102. The van der Waals surface area contributed by atoms with Gasteiger partial charge in [-0.3, -0.25) is 0 Å². The molecule has 0 amide bonds. The average molecular weight is 187 g/mol. The van der Waals surface area contributed by atoms with Gasteiger partial charge in [-0.25, -0.2) is 0 Å². The molecule has 13 heavy (non-hydrogen) atoms. The van der Waals surface area contributed by atoms with Gasteiger partial charge in [0.25, 0.3) is 0 Å². The van der Waals surface area contributed by atoms with Crippen LogP contribution in [-0.4, -0.2) is 24.3 Å². The standard InChI is InChI=1S/C11H25NO/c1-4-7-12-9-11(13)8-10(5-2)6-3/h10-13H,4-9H2,1-3H3. The lowest BCUT2D eigenvalue weighted by Gasteiger charge is -2.17. The Kier molecular flexibility index (Phi) is 8.46. The van der Waals surface area contributed by atoms with E-state index < -0.39 is 0 Å². The van der Waals surface area contributed by atoms with Crippen LogP contribution in [0.3, 0.4) is 0 Å². The second-order valence-corrected chi connectivity index (χ2v) is 3.78. The molecule has 0 saturated heterocycles. The second-order valence-electron chi connectivity index (χ2n) is 3.78. The van der Waals surface area contributed by atoms with Crippen LogP contribution in [0.4, 0.5) is 0 Å². The normalized spacial score (nSPS) is 13.6. The number of aliphatic hydroxyl groups is 1. The molecule has 0 radical (unpaired) electrons. The van der Waals surface area contributed by atoms with Gasteiger partial charge < -0.3 is 10.4 Å². The van der Waals surface area contributed by atoms with Crippen LogP contribution in [0.5, 0.6) is 0 Å². The van der Waals surface area contributed by atoms with Crippen LogP contribution in [0.1, 0.15) is 46.5 Å². The highest BCUT2D eigenvalue weighted by Gasteiger charge is 2.10. The van der Waals surface area contributed by atoms with Crippen molar-refractivity contribution in [2.75, 3.05) is 13.1 Å². The number of hydrogen-bond acceptors (Lipinski definition) is 2. The molecule has 0 fully saturated rings. The van der Waals surface area contributed by atoms with Gasteiger partial charge in [-0.1, -0.05) is 33.6 Å². The van der Waals surface area contributed by atoms with Gasteiger partial charge in [-0.2, -0.15) is 0 Å². The van der Waals surface area contributed by atoms with Crippen molar-refractivity contribution in [1.29, 1.82) is 0 Å². The van der Waals surface area contributed by atoms with E-state index in [-0.39, 0.29) is 6.10 Å². The van der Waals surface area contributed by atoms with Crippen molar-refractivity contribution in [2.45, 2.75) is 52.6 Å². The van der Waals surface area contributed by atoms with Gasteiger partial charge in [0.1, 0.15) is 0 Å². The fourth-order valence-electron chi connectivity index (χ4n) is 1.54. The zero-order valence-electron chi connectivity index (χ0n) is 9.34. The molecule has 0 aliphatic carbocycles. The van der Waals surface area contributed by atoms with Crippen LogP contribution in [0.2, 0.25) is 0 Å². The molecule has 0 aliphatic rings. The maximum Gasteiger partial charge on any atom is 0.0667 e. The lowest BCUT2D eigenvalue weighted by Crippen LogP contribution is -2.28. The van der Waals surface area contributed by atoms with Crippen LogP contribution in [-0.2, 0) is 0 Å². The molecule has 0 aromatic rings. The summed E-state index contributed by atoms with van der Waals surface area (Å²) >= 11 is 0. The van der Waals surface area contributed by atoms with E-state index in [1.165, 1.54) is 12.8 Å². The van der Waals surface area contributed by atoms with E-state index in [0.29, 0.717) is 5.92 Å². The van der Waals surface area contributed by atoms with Gasteiger partial charge in [0.15, 0.2) is 0 Å². The predicted molar refractivity (Wildman–Crippen MR) is 57.9 cm³/mol. The Morgan fingerprint density at radius 1 is 1.15 bits per heavy atom. The van der Waals surface area contributed by atoms with E-state index in [1.54, 1.807) is 0 Å². The van der Waals surface area contributed by atoms with E-state index in [0.717, 1.165) is 25.9 Å². The van der Waals surface area contributed by atoms with Gasteiger partial charge in [0, 0.05) is 6.54 Å². The summed E-state index contributed by atoms with van der Waals surface area (Å²) in [6.07, 6.45) is 4.29. The van der Waals surface area contributed by atoms with Crippen LogP contribution in [0.15, 0.2) is 0 Å². The minimum absolute atomic E-state index is 0.156. The molecule has 0 spiro atoms. The van der Waals surface area contributed by atoms with Gasteiger partial charge in [-0.05, 0) is 25.3 Å². The number of aliphatic hydroxyl groups excluding tert-OH is 1. The molecule has 80 valence electrons. The summed E-state index contributed by atoms with van der Waals surface area (Å²) in [6, 6.07) is 0. The van der Waals surface area contributed by atoms with E-state index in [1.807, 2.05) is 0 Å². The quantitative estimate of drug-likeness (QED) is 0.571. The molecule has 0 bridgehead atoms. The zero-order chi connectivity index (χ0) is 10.1. The minimum Gasteiger partial charge on any atom is -0.392 e. The summed E-state index contributed by atoms with van der Waals surface area (Å²) in [7, 11) is 0.